The molecule has 162 valence electrons. The van der Waals surface area contributed by atoms with E-state index in [0.29, 0.717) is 33.8 Å². The molecule has 2 aromatic heterocycles. The maximum Gasteiger partial charge on any atom is 0.282 e. The van der Waals surface area contributed by atoms with Crippen molar-refractivity contribution in [2.24, 2.45) is 5.10 Å². The Bertz CT molecular complexity index is 1390. The van der Waals surface area contributed by atoms with E-state index in [0.717, 1.165) is 10.9 Å². The Morgan fingerprint density at radius 1 is 1.22 bits per heavy atom. The van der Waals surface area contributed by atoms with Crippen LogP contribution in [0.2, 0.25) is 0 Å². The number of non-ortho nitro benzene ring substituents is 1. The quantitative estimate of drug-likeness (QED) is 0.193. The van der Waals surface area contributed by atoms with Crippen LogP contribution in [0.15, 0.2) is 73.4 Å². The van der Waals surface area contributed by atoms with Crippen LogP contribution in [-0.4, -0.2) is 20.8 Å². The highest BCUT2D eigenvalue weighted by atomic mass is 79.9. The summed E-state index contributed by atoms with van der Waals surface area (Å²) >= 11 is 3.40. The zero-order valence-corrected chi connectivity index (χ0v) is 18.9. The zero-order valence-electron chi connectivity index (χ0n) is 17.4. The lowest BCUT2D eigenvalue weighted by atomic mass is 10.1. The van der Waals surface area contributed by atoms with Gasteiger partial charge in [0, 0.05) is 28.1 Å². The number of benzene rings is 2. The van der Waals surface area contributed by atoms with Gasteiger partial charge in [-0.25, -0.2) is 4.98 Å². The maximum absolute atomic E-state index is 13.2. The number of aromatic nitrogens is 2. The van der Waals surface area contributed by atoms with Crippen molar-refractivity contribution in [1.29, 1.82) is 0 Å². The van der Waals surface area contributed by atoms with Crippen molar-refractivity contribution < 1.29 is 9.34 Å². The first-order chi connectivity index (χ1) is 15.4. The molecular weight excluding hydrogens is 476 g/mol. The van der Waals surface area contributed by atoms with Crippen molar-refractivity contribution in [3.63, 3.8) is 0 Å². The second kappa shape index (κ2) is 8.88. The summed E-state index contributed by atoms with van der Waals surface area (Å²) < 4.78 is 7.91. The van der Waals surface area contributed by atoms with Gasteiger partial charge in [0.05, 0.1) is 22.0 Å². The van der Waals surface area contributed by atoms with Gasteiger partial charge in [0.1, 0.15) is 17.3 Å². The van der Waals surface area contributed by atoms with Crippen LogP contribution in [0.4, 0.5) is 5.69 Å². The number of furan rings is 1. The van der Waals surface area contributed by atoms with E-state index in [1.807, 2.05) is 26.0 Å². The fourth-order valence-electron chi connectivity index (χ4n) is 3.22. The lowest BCUT2D eigenvalue weighted by Crippen LogP contribution is -2.23. The van der Waals surface area contributed by atoms with Gasteiger partial charge in [0.25, 0.3) is 11.2 Å². The molecule has 0 aliphatic rings. The third-order valence-electron chi connectivity index (χ3n) is 5.18. The van der Waals surface area contributed by atoms with Crippen LogP contribution >= 0.6 is 15.9 Å². The number of rotatable bonds is 6. The molecule has 0 saturated carbocycles. The minimum absolute atomic E-state index is 0.00878. The molecular formula is C23H19BrN4O4. The molecule has 4 aromatic rings. The molecule has 0 aliphatic carbocycles. The highest BCUT2D eigenvalue weighted by Gasteiger charge is 2.16. The molecule has 0 radical (unpaired) electrons. The lowest BCUT2D eigenvalue weighted by Gasteiger charge is -2.13. The van der Waals surface area contributed by atoms with Gasteiger partial charge >= 0.3 is 0 Å². The number of nitro groups is 1. The first kappa shape index (κ1) is 21.6. The van der Waals surface area contributed by atoms with E-state index in [2.05, 4.69) is 26.0 Å². The maximum atomic E-state index is 13.2. The summed E-state index contributed by atoms with van der Waals surface area (Å²) in [5, 5.41) is 15.7. The molecule has 8 nitrogen and oxygen atoms in total. The van der Waals surface area contributed by atoms with Crippen LogP contribution < -0.4 is 5.56 Å². The van der Waals surface area contributed by atoms with Crippen LogP contribution in [0.1, 0.15) is 37.8 Å². The predicted molar refractivity (Wildman–Crippen MR) is 126 cm³/mol. The summed E-state index contributed by atoms with van der Waals surface area (Å²) in [4.78, 5) is 28.2. The Hall–Kier alpha value is -3.59. The van der Waals surface area contributed by atoms with Crippen molar-refractivity contribution in [2.45, 2.75) is 26.2 Å². The fraction of sp³-hybridized carbons (Fsp3) is 0.174. The van der Waals surface area contributed by atoms with Crippen molar-refractivity contribution in [3.05, 3.63) is 91.1 Å². The molecule has 2 aromatic carbocycles. The summed E-state index contributed by atoms with van der Waals surface area (Å²) in [6.07, 6.45) is 2.27. The molecule has 0 aliphatic heterocycles. The van der Waals surface area contributed by atoms with Gasteiger partial charge in [-0.05, 0) is 48.9 Å². The molecule has 0 bridgehead atoms. The molecule has 4 rings (SSSR count). The highest BCUT2D eigenvalue weighted by molar-refractivity contribution is 9.10. The lowest BCUT2D eigenvalue weighted by molar-refractivity contribution is -0.384. The largest absolute Gasteiger partial charge is 0.455 e. The molecule has 0 unspecified atom stereocenters. The van der Waals surface area contributed by atoms with E-state index >= 15 is 0 Å². The highest BCUT2D eigenvalue weighted by Crippen LogP contribution is 2.24. The summed E-state index contributed by atoms with van der Waals surface area (Å²) in [5.74, 6) is 1.58. The van der Waals surface area contributed by atoms with E-state index in [1.165, 1.54) is 23.0 Å². The molecule has 0 amide bonds. The molecule has 9 heteroatoms. The van der Waals surface area contributed by atoms with Gasteiger partial charge in [-0.2, -0.15) is 9.78 Å². The second-order valence-electron chi connectivity index (χ2n) is 7.31. The number of hydrogen-bond donors (Lipinski definition) is 0. The zero-order chi connectivity index (χ0) is 22.8. The van der Waals surface area contributed by atoms with Crippen molar-refractivity contribution in [2.75, 3.05) is 0 Å². The summed E-state index contributed by atoms with van der Waals surface area (Å²) in [6.45, 7) is 4.03. The number of nitrogens with zero attached hydrogens (tertiary/aromatic N) is 4. The van der Waals surface area contributed by atoms with Crippen LogP contribution in [0, 0.1) is 10.1 Å². The SMILES string of the molecule is CC[C@@H](C)c1nc2ccc(Br)cc2c(=O)n1N=Cc1ccc(-c2ccc([N+](=O)[O-])cc2)o1. The average Bonchev–Trinajstić information content (AvgIpc) is 3.27. The topological polar surface area (TPSA) is 104 Å². The second-order valence-corrected chi connectivity index (χ2v) is 8.22. The summed E-state index contributed by atoms with van der Waals surface area (Å²) in [7, 11) is 0. The predicted octanol–water partition coefficient (Wildman–Crippen LogP) is 5.72. The average molecular weight is 495 g/mol. The summed E-state index contributed by atoms with van der Waals surface area (Å²) in [6, 6.07) is 14.9. The van der Waals surface area contributed by atoms with E-state index in [9.17, 15) is 14.9 Å². The minimum atomic E-state index is -0.452. The van der Waals surface area contributed by atoms with Crippen LogP contribution in [0.5, 0.6) is 0 Å². The van der Waals surface area contributed by atoms with Gasteiger partial charge in [-0.15, -0.1) is 0 Å². The smallest absolute Gasteiger partial charge is 0.282 e. The number of nitro benzene ring substituents is 1. The van der Waals surface area contributed by atoms with E-state index in [4.69, 9.17) is 4.42 Å². The Morgan fingerprint density at radius 3 is 2.66 bits per heavy atom. The van der Waals surface area contributed by atoms with Gasteiger partial charge in [-0.3, -0.25) is 14.9 Å². The Morgan fingerprint density at radius 2 is 1.97 bits per heavy atom. The van der Waals surface area contributed by atoms with E-state index in [1.54, 1.807) is 30.3 Å². The normalized spacial score (nSPS) is 12.5. The molecule has 1 atom stereocenters. The van der Waals surface area contributed by atoms with Crippen molar-refractivity contribution in [1.82, 2.24) is 9.66 Å². The molecule has 0 spiro atoms. The number of fused-ring (bicyclic) bond motifs is 1. The molecule has 32 heavy (non-hydrogen) atoms. The molecule has 0 N–H and O–H groups in total. The fourth-order valence-corrected chi connectivity index (χ4v) is 3.58. The van der Waals surface area contributed by atoms with Crippen LogP contribution in [-0.2, 0) is 0 Å². The standard InChI is InChI=1S/C23H19BrN4O4/c1-3-14(2)22-26-20-10-6-16(24)12-19(20)23(29)27(22)25-13-18-9-11-21(32-18)15-4-7-17(8-5-15)28(30)31/h4-14H,3H2,1-2H3/t14-/m1/s1. The van der Waals surface area contributed by atoms with Crippen molar-refractivity contribution >= 4 is 38.7 Å². The third kappa shape index (κ3) is 4.24. The Labute approximate surface area is 191 Å². The van der Waals surface area contributed by atoms with Gasteiger partial charge in [-0.1, -0.05) is 29.8 Å². The number of hydrogen-bond acceptors (Lipinski definition) is 6. The van der Waals surface area contributed by atoms with Crippen LogP contribution in [0.3, 0.4) is 0 Å². The number of halogens is 1. The molecule has 2 heterocycles. The Kier molecular flexibility index (Phi) is 6.00. The van der Waals surface area contributed by atoms with Crippen LogP contribution in [0.25, 0.3) is 22.2 Å². The Balaban J connectivity index is 1.71. The van der Waals surface area contributed by atoms with E-state index in [-0.39, 0.29) is 17.2 Å². The van der Waals surface area contributed by atoms with Gasteiger partial charge in [0.15, 0.2) is 0 Å². The molecule has 0 fully saturated rings. The summed E-state index contributed by atoms with van der Waals surface area (Å²) in [5.41, 5.74) is 1.07. The monoisotopic (exact) mass is 494 g/mol. The van der Waals surface area contributed by atoms with Crippen molar-refractivity contribution in [3.8, 4) is 11.3 Å². The molecule has 0 saturated heterocycles. The first-order valence-corrected chi connectivity index (χ1v) is 10.8. The minimum Gasteiger partial charge on any atom is -0.455 e. The van der Waals surface area contributed by atoms with Gasteiger partial charge < -0.3 is 4.42 Å². The van der Waals surface area contributed by atoms with Gasteiger partial charge in [0.2, 0.25) is 0 Å². The third-order valence-corrected chi connectivity index (χ3v) is 5.67. The first-order valence-electron chi connectivity index (χ1n) is 9.98. The van der Waals surface area contributed by atoms with E-state index < -0.39 is 4.92 Å².